The quantitative estimate of drug-likeness (QED) is 0.515. The molecule has 0 radical (unpaired) electrons. The van der Waals surface area contributed by atoms with Crippen molar-refractivity contribution in [2.24, 2.45) is 0 Å². The molecule has 1 aliphatic carbocycles. The summed E-state index contributed by atoms with van der Waals surface area (Å²) in [6.45, 7) is 2.26. The lowest BCUT2D eigenvalue weighted by molar-refractivity contribution is -0.123. The summed E-state index contributed by atoms with van der Waals surface area (Å²) >= 11 is 0.886. The highest BCUT2D eigenvalue weighted by Crippen LogP contribution is 2.34. The zero-order valence-corrected chi connectivity index (χ0v) is 19.9. The van der Waals surface area contributed by atoms with Crippen molar-refractivity contribution in [3.63, 3.8) is 0 Å². The molecule has 2 fully saturated rings. The minimum Gasteiger partial charge on any atom is -0.493 e. The van der Waals surface area contributed by atoms with E-state index >= 15 is 0 Å². The van der Waals surface area contributed by atoms with Crippen LogP contribution in [0, 0.1) is 6.92 Å². The SMILES string of the molecule is COc1cc(/C=C2\SC(=O)N(CCOc3ccc(C)cc3)C2=O)ccc1OCC(=O)NC1CC1. The number of aryl methyl sites for hydroxylation is 1. The molecule has 0 unspecified atom stereocenters. The van der Waals surface area contributed by atoms with E-state index in [-0.39, 0.29) is 42.9 Å². The summed E-state index contributed by atoms with van der Waals surface area (Å²) in [5, 5.41) is 2.52. The van der Waals surface area contributed by atoms with Crippen LogP contribution in [0.15, 0.2) is 47.4 Å². The molecule has 4 rings (SSSR count). The molecular formula is C25H26N2O6S. The van der Waals surface area contributed by atoms with Gasteiger partial charge in [0.2, 0.25) is 0 Å². The van der Waals surface area contributed by atoms with Crippen molar-refractivity contribution in [1.82, 2.24) is 10.2 Å². The summed E-state index contributed by atoms with van der Waals surface area (Å²) in [5.74, 6) is 1.00. The van der Waals surface area contributed by atoms with Crippen molar-refractivity contribution in [1.29, 1.82) is 0 Å². The van der Waals surface area contributed by atoms with Crippen LogP contribution < -0.4 is 19.5 Å². The first-order valence-electron chi connectivity index (χ1n) is 11.0. The standard InChI is InChI=1S/C25H26N2O6S/c1-16-3-8-19(9-4-16)32-12-11-27-24(29)22(34-25(27)30)14-17-5-10-20(21(13-17)31-2)33-15-23(28)26-18-6-7-18/h3-5,8-10,13-14,18H,6-7,11-12,15H2,1-2H3,(H,26,28)/b22-14-. The Hall–Kier alpha value is -3.46. The molecule has 0 aromatic heterocycles. The third-order valence-electron chi connectivity index (χ3n) is 5.26. The number of hydrogen-bond acceptors (Lipinski definition) is 7. The van der Waals surface area contributed by atoms with Gasteiger partial charge in [0.15, 0.2) is 18.1 Å². The van der Waals surface area contributed by atoms with Crippen LogP contribution >= 0.6 is 11.8 Å². The Balaban J connectivity index is 1.35. The lowest BCUT2D eigenvalue weighted by Gasteiger charge is -2.13. The number of rotatable bonds is 10. The molecule has 2 aromatic carbocycles. The van der Waals surface area contributed by atoms with Crippen LogP contribution in [0.25, 0.3) is 6.08 Å². The number of hydrogen-bond donors (Lipinski definition) is 1. The highest BCUT2D eigenvalue weighted by Gasteiger charge is 2.34. The fourth-order valence-electron chi connectivity index (χ4n) is 3.27. The number of methoxy groups -OCH3 is 1. The first-order valence-corrected chi connectivity index (χ1v) is 11.8. The number of imide groups is 1. The zero-order valence-electron chi connectivity index (χ0n) is 19.0. The summed E-state index contributed by atoms with van der Waals surface area (Å²) in [7, 11) is 1.50. The van der Waals surface area contributed by atoms with Gasteiger partial charge in [0.05, 0.1) is 18.6 Å². The van der Waals surface area contributed by atoms with Crippen LogP contribution in [-0.2, 0) is 9.59 Å². The van der Waals surface area contributed by atoms with Crippen LogP contribution in [0.1, 0.15) is 24.0 Å². The normalized spacial score (nSPS) is 16.6. The number of nitrogens with zero attached hydrogens (tertiary/aromatic N) is 1. The maximum atomic E-state index is 12.8. The summed E-state index contributed by atoms with van der Waals surface area (Å²) in [5.41, 5.74) is 1.80. The van der Waals surface area contributed by atoms with Gasteiger partial charge in [-0.15, -0.1) is 0 Å². The molecule has 9 heteroatoms. The van der Waals surface area contributed by atoms with E-state index in [1.165, 1.54) is 12.0 Å². The second-order valence-electron chi connectivity index (χ2n) is 8.04. The largest absolute Gasteiger partial charge is 0.493 e. The van der Waals surface area contributed by atoms with Gasteiger partial charge >= 0.3 is 0 Å². The van der Waals surface area contributed by atoms with Gasteiger partial charge in [-0.3, -0.25) is 19.3 Å². The van der Waals surface area contributed by atoms with E-state index in [0.29, 0.717) is 27.7 Å². The molecule has 3 amide bonds. The molecule has 2 aliphatic rings. The second kappa shape index (κ2) is 10.6. The molecule has 1 heterocycles. The lowest BCUT2D eigenvalue weighted by atomic mass is 10.2. The van der Waals surface area contributed by atoms with E-state index in [1.54, 1.807) is 24.3 Å². The van der Waals surface area contributed by atoms with Crippen LogP contribution in [0.2, 0.25) is 0 Å². The van der Waals surface area contributed by atoms with E-state index in [1.807, 2.05) is 31.2 Å². The van der Waals surface area contributed by atoms with Crippen molar-refractivity contribution in [3.05, 3.63) is 58.5 Å². The molecule has 1 N–H and O–H groups in total. The summed E-state index contributed by atoms with van der Waals surface area (Å²) in [6.07, 6.45) is 3.65. The number of carbonyl (C=O) groups excluding carboxylic acids is 3. The molecule has 1 aliphatic heterocycles. The van der Waals surface area contributed by atoms with Gasteiger partial charge in [0.1, 0.15) is 12.4 Å². The number of thioether (sulfide) groups is 1. The Morgan fingerprint density at radius 1 is 1.12 bits per heavy atom. The number of nitrogens with one attached hydrogen (secondary N) is 1. The summed E-state index contributed by atoms with van der Waals surface area (Å²) in [6, 6.07) is 13.0. The molecule has 1 saturated carbocycles. The highest BCUT2D eigenvalue weighted by molar-refractivity contribution is 8.18. The molecule has 178 valence electrons. The first kappa shape index (κ1) is 23.7. The molecule has 0 spiro atoms. The van der Waals surface area contributed by atoms with Crippen molar-refractivity contribution >= 4 is 34.9 Å². The Kier molecular flexibility index (Phi) is 7.42. The minimum atomic E-state index is -0.362. The van der Waals surface area contributed by atoms with Gasteiger partial charge in [0, 0.05) is 6.04 Å². The Labute approximate surface area is 202 Å². The maximum Gasteiger partial charge on any atom is 0.293 e. The lowest BCUT2D eigenvalue weighted by Crippen LogP contribution is -2.32. The van der Waals surface area contributed by atoms with Crippen LogP contribution in [0.5, 0.6) is 17.2 Å². The second-order valence-corrected chi connectivity index (χ2v) is 9.03. The predicted octanol–water partition coefficient (Wildman–Crippen LogP) is 3.78. The summed E-state index contributed by atoms with van der Waals surface area (Å²) in [4.78, 5) is 38.5. The number of benzene rings is 2. The van der Waals surface area contributed by atoms with E-state index in [0.717, 1.165) is 30.2 Å². The van der Waals surface area contributed by atoms with Crippen LogP contribution in [-0.4, -0.2) is 54.9 Å². The van der Waals surface area contributed by atoms with Crippen LogP contribution in [0.3, 0.4) is 0 Å². The third-order valence-corrected chi connectivity index (χ3v) is 6.17. The number of carbonyl (C=O) groups is 3. The molecule has 0 atom stereocenters. The van der Waals surface area contributed by atoms with Gasteiger partial charge in [-0.1, -0.05) is 23.8 Å². The monoisotopic (exact) mass is 482 g/mol. The minimum absolute atomic E-state index is 0.101. The van der Waals surface area contributed by atoms with E-state index in [4.69, 9.17) is 14.2 Å². The van der Waals surface area contributed by atoms with Crippen molar-refractivity contribution < 1.29 is 28.6 Å². The van der Waals surface area contributed by atoms with Gasteiger partial charge in [-0.2, -0.15) is 0 Å². The number of ether oxygens (including phenoxy) is 3. The third kappa shape index (κ3) is 6.11. The van der Waals surface area contributed by atoms with Crippen LogP contribution in [0.4, 0.5) is 4.79 Å². The summed E-state index contributed by atoms with van der Waals surface area (Å²) < 4.78 is 16.6. The molecule has 34 heavy (non-hydrogen) atoms. The topological polar surface area (TPSA) is 94.2 Å². The van der Waals surface area contributed by atoms with Crippen molar-refractivity contribution in [3.8, 4) is 17.2 Å². The Bertz CT molecular complexity index is 1110. The van der Waals surface area contributed by atoms with E-state index in [9.17, 15) is 14.4 Å². The first-order chi connectivity index (χ1) is 16.4. The molecule has 1 saturated heterocycles. The van der Waals surface area contributed by atoms with Crippen molar-refractivity contribution in [2.75, 3.05) is 26.9 Å². The molecular weight excluding hydrogens is 456 g/mol. The highest BCUT2D eigenvalue weighted by atomic mass is 32.2. The average molecular weight is 483 g/mol. The van der Waals surface area contributed by atoms with Gasteiger partial charge in [-0.25, -0.2) is 0 Å². The molecule has 2 aromatic rings. The van der Waals surface area contributed by atoms with Crippen molar-refractivity contribution in [2.45, 2.75) is 25.8 Å². The van der Waals surface area contributed by atoms with Gasteiger partial charge in [-0.05, 0) is 67.4 Å². The number of amides is 3. The predicted molar refractivity (Wildman–Crippen MR) is 129 cm³/mol. The Morgan fingerprint density at radius 3 is 2.59 bits per heavy atom. The zero-order chi connectivity index (χ0) is 24.1. The van der Waals surface area contributed by atoms with Gasteiger partial charge < -0.3 is 19.5 Å². The van der Waals surface area contributed by atoms with E-state index < -0.39 is 0 Å². The fraction of sp³-hybridized carbons (Fsp3) is 0.320. The van der Waals surface area contributed by atoms with Gasteiger partial charge in [0.25, 0.3) is 17.1 Å². The maximum absolute atomic E-state index is 12.8. The molecule has 0 bridgehead atoms. The fourth-order valence-corrected chi connectivity index (χ4v) is 4.13. The average Bonchev–Trinajstić information content (AvgIpc) is 3.60. The van der Waals surface area contributed by atoms with E-state index in [2.05, 4.69) is 5.32 Å². The molecule has 8 nitrogen and oxygen atoms in total. The smallest absolute Gasteiger partial charge is 0.293 e. The Morgan fingerprint density at radius 2 is 1.88 bits per heavy atom.